The number of carbonyl (C=O) groups excluding carboxylic acids is 1. The molecule has 4 nitrogen and oxygen atoms in total. The average molecular weight is 312 g/mol. The molecule has 0 aliphatic carbocycles. The molecule has 0 spiro atoms. The maximum atomic E-state index is 11.5. The maximum absolute atomic E-state index is 11.5. The quantitative estimate of drug-likeness (QED) is 0.274. The Kier molecular flexibility index (Phi) is 7.86. The van der Waals surface area contributed by atoms with E-state index in [0.717, 1.165) is 11.1 Å². The van der Waals surface area contributed by atoms with Crippen molar-refractivity contribution in [3.8, 4) is 0 Å². The van der Waals surface area contributed by atoms with E-state index in [-0.39, 0.29) is 6.61 Å². The van der Waals surface area contributed by atoms with Crippen molar-refractivity contribution in [2.75, 3.05) is 6.61 Å². The largest absolute Gasteiger partial charge is 0.477 e. The lowest BCUT2D eigenvalue weighted by Gasteiger charge is -2.00. The van der Waals surface area contributed by atoms with Crippen molar-refractivity contribution in [2.24, 2.45) is 0 Å². The van der Waals surface area contributed by atoms with Crippen molar-refractivity contribution in [2.45, 2.75) is 13.8 Å². The Hall–Kier alpha value is -2.88. The number of aliphatic carboxylic acids is 1. The Balaban J connectivity index is 2.72. The zero-order chi connectivity index (χ0) is 17.1. The molecule has 0 heterocycles. The third-order valence-corrected chi connectivity index (χ3v) is 2.80. The van der Waals surface area contributed by atoms with Crippen LogP contribution in [0.1, 0.15) is 19.4 Å². The molecule has 0 aromatic heterocycles. The zero-order valence-electron chi connectivity index (χ0n) is 13.2. The van der Waals surface area contributed by atoms with Gasteiger partial charge in [0.05, 0.1) is 6.61 Å². The van der Waals surface area contributed by atoms with Gasteiger partial charge in [0, 0.05) is 0 Å². The van der Waals surface area contributed by atoms with Crippen LogP contribution in [0.3, 0.4) is 0 Å². The van der Waals surface area contributed by atoms with Gasteiger partial charge in [-0.3, -0.25) is 0 Å². The molecule has 0 atom stereocenters. The third kappa shape index (κ3) is 7.09. The molecule has 1 N–H and O–H groups in total. The van der Waals surface area contributed by atoms with Gasteiger partial charge in [-0.1, -0.05) is 66.3 Å². The van der Waals surface area contributed by atoms with Crippen LogP contribution in [0.5, 0.6) is 0 Å². The minimum Gasteiger partial charge on any atom is -0.477 e. The third-order valence-electron chi connectivity index (χ3n) is 2.80. The second-order valence-corrected chi connectivity index (χ2v) is 4.65. The molecule has 4 heteroatoms. The van der Waals surface area contributed by atoms with E-state index in [4.69, 9.17) is 5.11 Å². The highest BCUT2D eigenvalue weighted by molar-refractivity contribution is 6.13. The van der Waals surface area contributed by atoms with E-state index < -0.39 is 17.5 Å². The Morgan fingerprint density at radius 1 is 1.13 bits per heavy atom. The molecule has 0 saturated heterocycles. The first-order valence-corrected chi connectivity index (χ1v) is 7.23. The van der Waals surface area contributed by atoms with E-state index in [0.29, 0.717) is 0 Å². The van der Waals surface area contributed by atoms with E-state index in [1.165, 1.54) is 12.2 Å². The molecular formula is C19H20O4. The molecule has 1 aromatic rings. The molecular weight excluding hydrogens is 292 g/mol. The Bertz CT molecular complexity index is 649. The predicted octanol–water partition coefficient (Wildman–Crippen LogP) is 3.78. The summed E-state index contributed by atoms with van der Waals surface area (Å²) in [4.78, 5) is 22.4. The highest BCUT2D eigenvalue weighted by Crippen LogP contribution is 2.04. The van der Waals surface area contributed by atoms with Crippen LogP contribution in [-0.4, -0.2) is 23.7 Å². The molecule has 0 amide bonds. The summed E-state index contributed by atoms with van der Waals surface area (Å²) in [7, 11) is 0. The van der Waals surface area contributed by atoms with Crippen LogP contribution in [0.25, 0.3) is 6.08 Å². The summed E-state index contributed by atoms with van der Waals surface area (Å²) in [5.74, 6) is -2.14. The minimum absolute atomic E-state index is 0.135. The monoisotopic (exact) mass is 312 g/mol. The lowest BCUT2D eigenvalue weighted by atomic mass is 10.2. The number of allylic oxidation sites excluding steroid dienone is 6. The summed E-state index contributed by atoms with van der Waals surface area (Å²) in [5.41, 5.74) is 1.62. The van der Waals surface area contributed by atoms with Gasteiger partial charge in [0.25, 0.3) is 0 Å². The van der Waals surface area contributed by atoms with E-state index in [1.54, 1.807) is 13.0 Å². The normalized spacial score (nSPS) is 12.8. The number of carboxylic acids is 1. The highest BCUT2D eigenvalue weighted by atomic mass is 16.5. The van der Waals surface area contributed by atoms with Gasteiger partial charge in [-0.15, -0.1) is 0 Å². The lowest BCUT2D eigenvalue weighted by Crippen LogP contribution is -2.15. The molecule has 0 radical (unpaired) electrons. The molecule has 23 heavy (non-hydrogen) atoms. The van der Waals surface area contributed by atoms with Crippen LogP contribution in [-0.2, 0) is 14.3 Å². The van der Waals surface area contributed by atoms with Crippen molar-refractivity contribution >= 4 is 18.0 Å². The number of ether oxygens (including phenoxy) is 1. The molecule has 0 aliphatic heterocycles. The molecule has 1 rings (SSSR count). The number of carboxylic acid groups (broad SMARTS) is 1. The first kappa shape index (κ1) is 18.2. The van der Waals surface area contributed by atoms with Gasteiger partial charge in [-0.05, 0) is 25.5 Å². The Labute approximate surface area is 136 Å². The minimum atomic E-state index is -1.31. The van der Waals surface area contributed by atoms with Gasteiger partial charge in [0.2, 0.25) is 0 Å². The van der Waals surface area contributed by atoms with Crippen LogP contribution in [0.4, 0.5) is 0 Å². The van der Waals surface area contributed by atoms with Gasteiger partial charge in [-0.25, -0.2) is 9.59 Å². The van der Waals surface area contributed by atoms with Crippen LogP contribution in [0.15, 0.2) is 71.9 Å². The second kappa shape index (κ2) is 9.95. The fourth-order valence-corrected chi connectivity index (χ4v) is 1.66. The van der Waals surface area contributed by atoms with Crippen LogP contribution in [0.2, 0.25) is 0 Å². The fraction of sp³-hybridized carbons (Fsp3) is 0.158. The lowest BCUT2D eigenvalue weighted by molar-refractivity contribution is -0.143. The number of rotatable bonds is 7. The van der Waals surface area contributed by atoms with Crippen molar-refractivity contribution in [3.05, 3.63) is 77.4 Å². The van der Waals surface area contributed by atoms with Crippen molar-refractivity contribution in [1.82, 2.24) is 0 Å². The average Bonchev–Trinajstić information content (AvgIpc) is 2.52. The van der Waals surface area contributed by atoms with E-state index in [2.05, 4.69) is 4.74 Å². The number of hydrogen-bond acceptors (Lipinski definition) is 3. The molecule has 0 unspecified atom stereocenters. The maximum Gasteiger partial charge on any atom is 0.345 e. The molecule has 120 valence electrons. The Morgan fingerprint density at radius 3 is 2.43 bits per heavy atom. The summed E-state index contributed by atoms with van der Waals surface area (Å²) >= 11 is 0. The van der Waals surface area contributed by atoms with Gasteiger partial charge >= 0.3 is 11.9 Å². The van der Waals surface area contributed by atoms with Gasteiger partial charge < -0.3 is 9.84 Å². The van der Waals surface area contributed by atoms with Crippen LogP contribution in [0, 0.1) is 0 Å². The van der Waals surface area contributed by atoms with E-state index in [1.807, 2.05) is 55.5 Å². The molecule has 0 fully saturated rings. The highest BCUT2D eigenvalue weighted by Gasteiger charge is 2.17. The van der Waals surface area contributed by atoms with Crippen LogP contribution < -0.4 is 0 Å². The standard InChI is InChI=1S/C19H20O4/c1-3-23-19(22)17(18(20)21)14-8-10-15(2)9-7-13-16-11-5-4-6-12-16/h4-14H,3H2,1-2H3,(H,20,21)/b10-8+,13-7+,15-9+,17-14-. The first-order valence-electron chi connectivity index (χ1n) is 7.23. The topological polar surface area (TPSA) is 63.6 Å². The van der Waals surface area contributed by atoms with Crippen LogP contribution >= 0.6 is 0 Å². The number of benzene rings is 1. The Morgan fingerprint density at radius 2 is 1.83 bits per heavy atom. The number of esters is 1. The van der Waals surface area contributed by atoms with Crippen molar-refractivity contribution in [1.29, 1.82) is 0 Å². The summed E-state index contributed by atoms with van der Waals surface area (Å²) in [5, 5.41) is 8.97. The summed E-state index contributed by atoms with van der Waals surface area (Å²) in [6, 6.07) is 9.87. The molecule has 1 aromatic carbocycles. The SMILES string of the molecule is CCOC(=O)\C(=C/C=C/C(C)=C/C=C/c1ccccc1)C(=O)O. The van der Waals surface area contributed by atoms with Gasteiger partial charge in [-0.2, -0.15) is 0 Å². The fourth-order valence-electron chi connectivity index (χ4n) is 1.66. The molecule has 0 bridgehead atoms. The zero-order valence-corrected chi connectivity index (χ0v) is 13.2. The summed E-state index contributed by atoms with van der Waals surface area (Å²) in [6.45, 7) is 3.64. The number of carbonyl (C=O) groups is 2. The smallest absolute Gasteiger partial charge is 0.345 e. The summed E-state index contributed by atoms with van der Waals surface area (Å²) in [6.07, 6.45) is 10.2. The van der Waals surface area contributed by atoms with E-state index >= 15 is 0 Å². The number of hydrogen-bond donors (Lipinski definition) is 1. The van der Waals surface area contributed by atoms with Gasteiger partial charge in [0.15, 0.2) is 0 Å². The molecule has 0 saturated carbocycles. The van der Waals surface area contributed by atoms with E-state index in [9.17, 15) is 9.59 Å². The van der Waals surface area contributed by atoms with Crippen molar-refractivity contribution in [3.63, 3.8) is 0 Å². The first-order chi connectivity index (χ1) is 11.0. The van der Waals surface area contributed by atoms with Crippen molar-refractivity contribution < 1.29 is 19.4 Å². The summed E-state index contributed by atoms with van der Waals surface area (Å²) < 4.78 is 4.69. The second-order valence-electron chi connectivity index (χ2n) is 4.65. The molecule has 0 aliphatic rings. The van der Waals surface area contributed by atoms with Gasteiger partial charge in [0.1, 0.15) is 5.57 Å². The predicted molar refractivity (Wildman–Crippen MR) is 90.7 cm³/mol.